The lowest BCUT2D eigenvalue weighted by molar-refractivity contribution is -0.141. The molecule has 0 bridgehead atoms. The Morgan fingerprint density at radius 2 is 2.03 bits per heavy atom. The van der Waals surface area contributed by atoms with Gasteiger partial charge >= 0.3 is 6.18 Å². The Morgan fingerprint density at radius 1 is 1.27 bits per heavy atom. The molecular weight excluding hydrogens is 399 g/mol. The van der Waals surface area contributed by atoms with Crippen LogP contribution in [0.1, 0.15) is 49.9 Å². The first-order valence-corrected chi connectivity index (χ1v) is 9.54. The van der Waals surface area contributed by atoms with E-state index in [1.807, 2.05) is 0 Å². The summed E-state index contributed by atoms with van der Waals surface area (Å²) in [6.07, 6.45) is 0.649. The third-order valence-electron chi connectivity index (χ3n) is 5.31. The predicted octanol–water partition coefficient (Wildman–Crippen LogP) is 3.81. The number of carbonyl (C=O) groups is 1. The number of aliphatic hydroxyl groups is 1. The summed E-state index contributed by atoms with van der Waals surface area (Å²) in [5.41, 5.74) is -1.64. The summed E-state index contributed by atoms with van der Waals surface area (Å²) in [6.45, 7) is 1.50. The highest BCUT2D eigenvalue weighted by Crippen LogP contribution is 2.38. The van der Waals surface area contributed by atoms with Crippen molar-refractivity contribution in [3.63, 3.8) is 0 Å². The van der Waals surface area contributed by atoms with E-state index in [9.17, 15) is 23.1 Å². The van der Waals surface area contributed by atoms with Gasteiger partial charge in [-0.3, -0.25) is 19.7 Å². The van der Waals surface area contributed by atoms with Crippen molar-refractivity contribution in [2.45, 2.75) is 50.4 Å². The van der Waals surface area contributed by atoms with E-state index in [1.165, 1.54) is 19.2 Å². The first-order chi connectivity index (χ1) is 14.1. The van der Waals surface area contributed by atoms with Gasteiger partial charge in [-0.05, 0) is 44.4 Å². The molecule has 0 aliphatic heterocycles. The molecule has 0 radical (unpaired) electrons. The van der Waals surface area contributed by atoms with Crippen molar-refractivity contribution in [1.82, 2.24) is 19.5 Å². The van der Waals surface area contributed by atoms with Crippen molar-refractivity contribution in [2.24, 2.45) is 0 Å². The molecule has 1 amide bonds. The van der Waals surface area contributed by atoms with E-state index in [-0.39, 0.29) is 29.6 Å². The third kappa shape index (κ3) is 3.87. The van der Waals surface area contributed by atoms with Crippen molar-refractivity contribution >= 4 is 23.0 Å². The lowest BCUT2D eigenvalue weighted by Crippen LogP contribution is -2.30. The number of fused-ring (bicyclic) bond motifs is 1. The number of nitrogens with zero attached hydrogens (tertiary/aromatic N) is 4. The highest BCUT2D eigenvalue weighted by Gasteiger charge is 2.35. The molecule has 0 spiro atoms. The lowest BCUT2D eigenvalue weighted by atomic mass is 9.93. The molecule has 4 rings (SSSR count). The summed E-state index contributed by atoms with van der Waals surface area (Å²) in [6, 6.07) is 5.36. The first kappa shape index (κ1) is 20.3. The van der Waals surface area contributed by atoms with Crippen LogP contribution < -0.4 is 5.32 Å². The van der Waals surface area contributed by atoms with E-state index in [4.69, 9.17) is 0 Å². The molecule has 10 heteroatoms. The van der Waals surface area contributed by atoms with E-state index in [0.717, 1.165) is 25.3 Å². The van der Waals surface area contributed by atoms with Gasteiger partial charge in [-0.15, -0.1) is 0 Å². The van der Waals surface area contributed by atoms with Crippen LogP contribution in [0.15, 0.2) is 36.7 Å². The molecule has 2 N–H and O–H groups in total. The fourth-order valence-corrected chi connectivity index (χ4v) is 3.48. The molecule has 3 aromatic heterocycles. The fraction of sp³-hybridized carbons (Fsp3) is 0.400. The molecular formula is C20H20F3N5O2. The van der Waals surface area contributed by atoms with Gasteiger partial charge in [0.2, 0.25) is 11.9 Å². The van der Waals surface area contributed by atoms with Crippen molar-refractivity contribution in [2.75, 3.05) is 5.32 Å². The molecule has 0 aromatic carbocycles. The smallest absolute Gasteiger partial charge is 0.385 e. The van der Waals surface area contributed by atoms with Crippen molar-refractivity contribution in [3.05, 3.63) is 47.9 Å². The number of hydrogen-bond acceptors (Lipinski definition) is 5. The second-order valence-corrected chi connectivity index (χ2v) is 7.67. The summed E-state index contributed by atoms with van der Waals surface area (Å²) in [5.74, 6) is -0.385. The number of amides is 1. The van der Waals surface area contributed by atoms with Crippen LogP contribution in [-0.2, 0) is 16.6 Å². The first-order valence-electron chi connectivity index (χ1n) is 9.54. The Hall–Kier alpha value is -3.01. The Kier molecular flexibility index (Phi) is 4.97. The number of rotatable bonds is 5. The quantitative estimate of drug-likeness (QED) is 0.656. The van der Waals surface area contributed by atoms with Gasteiger partial charge in [0.05, 0.1) is 12.0 Å². The largest absolute Gasteiger partial charge is 0.433 e. The minimum Gasteiger partial charge on any atom is -0.385 e. The summed E-state index contributed by atoms with van der Waals surface area (Å²) < 4.78 is 40.9. The van der Waals surface area contributed by atoms with E-state index >= 15 is 0 Å². The molecule has 0 unspecified atom stereocenters. The SMILES string of the molecule is C[C@@](O)(CC(=O)Nc1nc2ccc(C(F)(F)F)nc2n1C1CCC1)c1cccnc1. The average Bonchev–Trinajstić information content (AvgIpc) is 2.97. The minimum atomic E-state index is -4.57. The summed E-state index contributed by atoms with van der Waals surface area (Å²) in [7, 11) is 0. The van der Waals surface area contributed by atoms with Gasteiger partial charge in [-0.2, -0.15) is 13.2 Å². The average molecular weight is 419 g/mol. The monoisotopic (exact) mass is 419 g/mol. The molecule has 1 fully saturated rings. The van der Waals surface area contributed by atoms with Gasteiger partial charge in [0, 0.05) is 24.0 Å². The van der Waals surface area contributed by atoms with Crippen molar-refractivity contribution in [3.8, 4) is 0 Å². The molecule has 30 heavy (non-hydrogen) atoms. The van der Waals surface area contributed by atoms with Gasteiger partial charge in [0.15, 0.2) is 5.65 Å². The predicted molar refractivity (Wildman–Crippen MR) is 102 cm³/mol. The lowest BCUT2D eigenvalue weighted by Gasteiger charge is -2.29. The van der Waals surface area contributed by atoms with Crippen LogP contribution in [-0.4, -0.2) is 30.5 Å². The van der Waals surface area contributed by atoms with E-state index in [1.54, 1.807) is 22.9 Å². The Morgan fingerprint density at radius 3 is 2.63 bits per heavy atom. The summed E-state index contributed by atoms with van der Waals surface area (Å²) >= 11 is 0. The zero-order valence-electron chi connectivity index (χ0n) is 16.1. The summed E-state index contributed by atoms with van der Waals surface area (Å²) in [5, 5.41) is 13.3. The number of hydrogen-bond donors (Lipinski definition) is 2. The Bertz CT molecular complexity index is 1080. The number of aromatic nitrogens is 4. The molecule has 1 atom stereocenters. The van der Waals surface area contributed by atoms with Crippen LogP contribution in [0.3, 0.4) is 0 Å². The fourth-order valence-electron chi connectivity index (χ4n) is 3.48. The van der Waals surface area contributed by atoms with Crippen LogP contribution in [0.5, 0.6) is 0 Å². The van der Waals surface area contributed by atoms with E-state index in [0.29, 0.717) is 5.56 Å². The molecule has 0 saturated heterocycles. The second-order valence-electron chi connectivity index (χ2n) is 7.67. The zero-order chi connectivity index (χ0) is 21.5. The van der Waals surface area contributed by atoms with E-state index < -0.39 is 23.4 Å². The molecule has 1 aliphatic rings. The van der Waals surface area contributed by atoms with Crippen LogP contribution >= 0.6 is 0 Å². The number of imidazole rings is 1. The van der Waals surface area contributed by atoms with Gasteiger partial charge in [-0.25, -0.2) is 9.97 Å². The maximum atomic E-state index is 13.1. The number of pyridine rings is 2. The number of halogens is 3. The zero-order valence-corrected chi connectivity index (χ0v) is 16.1. The number of alkyl halides is 3. The molecule has 3 heterocycles. The maximum absolute atomic E-state index is 13.1. The molecule has 158 valence electrons. The molecule has 1 aliphatic carbocycles. The number of nitrogens with one attached hydrogen (secondary N) is 1. The van der Waals surface area contributed by atoms with Crippen LogP contribution in [0.25, 0.3) is 11.2 Å². The standard InChI is InChI=1S/C20H20F3N5O2/c1-19(30,12-4-3-9-24-11-12)10-16(29)27-18-25-14-7-8-15(20(21,22)23)26-17(14)28(18)13-5-2-6-13/h3-4,7-9,11,13,30H,2,5-6,10H2,1H3,(H,25,27,29)/t19-/m1/s1. The minimum absolute atomic E-state index is 0.0832. The third-order valence-corrected chi connectivity index (χ3v) is 5.31. The highest BCUT2D eigenvalue weighted by atomic mass is 19.4. The Balaban J connectivity index is 1.64. The van der Waals surface area contributed by atoms with Gasteiger partial charge in [0.1, 0.15) is 11.2 Å². The van der Waals surface area contributed by atoms with Crippen molar-refractivity contribution < 1.29 is 23.1 Å². The summed E-state index contributed by atoms with van der Waals surface area (Å²) in [4.78, 5) is 24.6. The van der Waals surface area contributed by atoms with E-state index in [2.05, 4.69) is 20.3 Å². The van der Waals surface area contributed by atoms with Gasteiger partial charge in [-0.1, -0.05) is 6.07 Å². The molecule has 3 aromatic rings. The highest BCUT2D eigenvalue weighted by molar-refractivity contribution is 5.91. The molecule has 1 saturated carbocycles. The van der Waals surface area contributed by atoms with Crippen LogP contribution in [0.4, 0.5) is 19.1 Å². The Labute approximate surface area is 170 Å². The van der Waals surface area contributed by atoms with Crippen LogP contribution in [0, 0.1) is 0 Å². The normalized spacial score (nSPS) is 16.8. The molecule has 7 nitrogen and oxygen atoms in total. The number of anilines is 1. The van der Waals surface area contributed by atoms with Gasteiger partial charge < -0.3 is 5.11 Å². The second kappa shape index (κ2) is 7.35. The van der Waals surface area contributed by atoms with Crippen LogP contribution in [0.2, 0.25) is 0 Å². The van der Waals surface area contributed by atoms with Crippen molar-refractivity contribution in [1.29, 1.82) is 0 Å². The topological polar surface area (TPSA) is 92.9 Å². The number of carbonyl (C=O) groups excluding carboxylic acids is 1. The van der Waals surface area contributed by atoms with Gasteiger partial charge in [0.25, 0.3) is 0 Å². The maximum Gasteiger partial charge on any atom is 0.433 e.